The lowest BCUT2D eigenvalue weighted by Gasteiger charge is -2.27. The number of rotatable bonds is 5. The Morgan fingerprint density at radius 1 is 1.35 bits per heavy atom. The van der Waals surface area contributed by atoms with Gasteiger partial charge in [-0.15, -0.1) is 0 Å². The van der Waals surface area contributed by atoms with Crippen LogP contribution in [0.2, 0.25) is 0 Å². The molecule has 2 unspecified atom stereocenters. The van der Waals surface area contributed by atoms with Gasteiger partial charge in [-0.05, 0) is 45.1 Å². The van der Waals surface area contributed by atoms with Gasteiger partial charge in [0.25, 0.3) is 0 Å². The van der Waals surface area contributed by atoms with Gasteiger partial charge in [-0.3, -0.25) is 0 Å². The van der Waals surface area contributed by atoms with E-state index in [1.54, 1.807) is 0 Å². The molecule has 0 aromatic carbocycles. The molecule has 0 heterocycles. The van der Waals surface area contributed by atoms with E-state index >= 15 is 0 Å². The van der Waals surface area contributed by atoms with Gasteiger partial charge in [0.05, 0.1) is 12.7 Å². The van der Waals surface area contributed by atoms with Crippen molar-refractivity contribution in [3.05, 3.63) is 12.2 Å². The van der Waals surface area contributed by atoms with Crippen LogP contribution in [-0.4, -0.2) is 24.8 Å². The second-order valence-corrected chi connectivity index (χ2v) is 6.56. The van der Waals surface area contributed by atoms with E-state index < -0.39 is 0 Å². The number of nitrogens with one attached hydrogen (secondary N) is 1. The highest BCUT2D eigenvalue weighted by Gasteiger charge is 2.19. The Kier molecular flexibility index (Phi) is 5.68. The third-order valence-corrected chi connectivity index (χ3v) is 3.28. The summed E-state index contributed by atoms with van der Waals surface area (Å²) in [4.78, 5) is 0. The zero-order valence-corrected chi connectivity index (χ0v) is 12.0. The number of hydrogen-bond donors (Lipinski definition) is 1. The normalized spacial score (nSPS) is 25.9. The molecular formula is C15H29NO. The molecule has 1 aliphatic carbocycles. The third-order valence-electron chi connectivity index (χ3n) is 3.28. The van der Waals surface area contributed by atoms with E-state index in [-0.39, 0.29) is 5.54 Å². The summed E-state index contributed by atoms with van der Waals surface area (Å²) < 4.78 is 5.94. The van der Waals surface area contributed by atoms with E-state index in [2.05, 4.69) is 39.6 Å². The lowest BCUT2D eigenvalue weighted by Crippen LogP contribution is -2.37. The molecule has 2 atom stereocenters. The average molecular weight is 239 g/mol. The molecule has 1 saturated carbocycles. The molecule has 1 N–H and O–H groups in total. The molecule has 0 saturated heterocycles. The van der Waals surface area contributed by atoms with Crippen molar-refractivity contribution in [3.63, 3.8) is 0 Å². The predicted octanol–water partition coefficient (Wildman–Crippen LogP) is 3.53. The Morgan fingerprint density at radius 3 is 2.65 bits per heavy atom. The van der Waals surface area contributed by atoms with Crippen LogP contribution in [0, 0.1) is 5.92 Å². The van der Waals surface area contributed by atoms with Gasteiger partial charge in [-0.2, -0.15) is 0 Å². The molecule has 2 nitrogen and oxygen atoms in total. The summed E-state index contributed by atoms with van der Waals surface area (Å²) in [5.41, 5.74) is 1.31. The van der Waals surface area contributed by atoms with Crippen LogP contribution in [0.4, 0.5) is 0 Å². The fourth-order valence-electron chi connectivity index (χ4n) is 2.21. The van der Waals surface area contributed by atoms with E-state index in [1.807, 2.05) is 0 Å². The topological polar surface area (TPSA) is 21.3 Å². The van der Waals surface area contributed by atoms with Crippen molar-refractivity contribution in [1.29, 1.82) is 0 Å². The smallest absolute Gasteiger partial charge is 0.0690 e. The summed E-state index contributed by atoms with van der Waals surface area (Å²) in [6.45, 7) is 14.5. The lowest BCUT2D eigenvalue weighted by molar-refractivity contribution is 0.0279. The standard InChI is InChI=1S/C15H29NO/c1-12-7-6-8-14(9-12)17-11-13(2)10-16-15(3,4)5/h12,14,16H,2,6-11H2,1,3-5H3. The minimum Gasteiger partial charge on any atom is -0.374 e. The highest BCUT2D eigenvalue weighted by molar-refractivity contribution is 4.98. The largest absolute Gasteiger partial charge is 0.374 e. The molecule has 17 heavy (non-hydrogen) atoms. The molecule has 1 fully saturated rings. The van der Waals surface area contributed by atoms with Crippen molar-refractivity contribution in [1.82, 2.24) is 5.32 Å². The molecule has 0 amide bonds. The molecule has 0 aliphatic heterocycles. The quantitative estimate of drug-likeness (QED) is 0.741. The van der Waals surface area contributed by atoms with E-state index in [4.69, 9.17) is 4.74 Å². The van der Waals surface area contributed by atoms with Crippen molar-refractivity contribution < 1.29 is 4.74 Å². The van der Waals surface area contributed by atoms with Gasteiger partial charge in [0.2, 0.25) is 0 Å². The lowest BCUT2D eigenvalue weighted by atomic mass is 9.89. The first kappa shape index (κ1) is 14.7. The van der Waals surface area contributed by atoms with Crippen LogP contribution >= 0.6 is 0 Å². The van der Waals surface area contributed by atoms with Gasteiger partial charge in [-0.1, -0.05) is 26.3 Å². The second kappa shape index (κ2) is 6.55. The Balaban J connectivity index is 2.15. The summed E-state index contributed by atoms with van der Waals surface area (Å²) >= 11 is 0. The highest BCUT2D eigenvalue weighted by Crippen LogP contribution is 2.25. The van der Waals surface area contributed by atoms with Crippen LogP contribution in [-0.2, 0) is 4.74 Å². The summed E-state index contributed by atoms with van der Waals surface area (Å²) in [5.74, 6) is 0.828. The summed E-state index contributed by atoms with van der Waals surface area (Å²) in [5, 5.41) is 3.44. The van der Waals surface area contributed by atoms with Crippen LogP contribution in [0.15, 0.2) is 12.2 Å². The zero-order chi connectivity index (χ0) is 12.9. The van der Waals surface area contributed by atoms with Gasteiger partial charge >= 0.3 is 0 Å². The van der Waals surface area contributed by atoms with Crippen molar-refractivity contribution >= 4 is 0 Å². The maximum Gasteiger partial charge on any atom is 0.0690 e. The number of ether oxygens (including phenoxy) is 1. The molecule has 0 radical (unpaired) electrons. The maximum absolute atomic E-state index is 5.94. The molecule has 1 aliphatic rings. The Hall–Kier alpha value is -0.340. The minimum absolute atomic E-state index is 0.155. The molecule has 0 aromatic heterocycles. The van der Waals surface area contributed by atoms with Gasteiger partial charge in [0, 0.05) is 12.1 Å². The molecule has 0 spiro atoms. The first-order chi connectivity index (χ1) is 7.87. The fourth-order valence-corrected chi connectivity index (χ4v) is 2.21. The summed E-state index contributed by atoms with van der Waals surface area (Å²) in [6, 6.07) is 0. The monoisotopic (exact) mass is 239 g/mol. The molecule has 0 bridgehead atoms. The molecule has 100 valence electrons. The Morgan fingerprint density at radius 2 is 2.06 bits per heavy atom. The zero-order valence-electron chi connectivity index (χ0n) is 12.0. The van der Waals surface area contributed by atoms with Crippen LogP contribution in [0.3, 0.4) is 0 Å². The molecule has 0 aromatic rings. The summed E-state index contributed by atoms with van der Waals surface area (Å²) in [6.07, 6.45) is 5.60. The van der Waals surface area contributed by atoms with Crippen molar-refractivity contribution in [2.24, 2.45) is 5.92 Å². The van der Waals surface area contributed by atoms with Crippen LogP contribution in [0.25, 0.3) is 0 Å². The van der Waals surface area contributed by atoms with Crippen LogP contribution < -0.4 is 5.32 Å². The first-order valence-corrected chi connectivity index (χ1v) is 6.90. The minimum atomic E-state index is 0.155. The van der Waals surface area contributed by atoms with Crippen molar-refractivity contribution in [3.8, 4) is 0 Å². The predicted molar refractivity (Wildman–Crippen MR) is 74.3 cm³/mol. The third kappa shape index (κ3) is 6.85. The summed E-state index contributed by atoms with van der Waals surface area (Å²) in [7, 11) is 0. The molecule has 1 rings (SSSR count). The van der Waals surface area contributed by atoms with Gasteiger partial charge in [-0.25, -0.2) is 0 Å². The average Bonchev–Trinajstić information content (AvgIpc) is 2.23. The Bertz CT molecular complexity index is 242. The van der Waals surface area contributed by atoms with Crippen LogP contribution in [0.1, 0.15) is 53.4 Å². The maximum atomic E-state index is 5.94. The molecular weight excluding hydrogens is 210 g/mol. The van der Waals surface area contributed by atoms with Gasteiger partial charge in [0.15, 0.2) is 0 Å². The van der Waals surface area contributed by atoms with Gasteiger partial charge < -0.3 is 10.1 Å². The highest BCUT2D eigenvalue weighted by atomic mass is 16.5. The van der Waals surface area contributed by atoms with E-state index in [0.29, 0.717) is 12.7 Å². The van der Waals surface area contributed by atoms with E-state index in [9.17, 15) is 0 Å². The fraction of sp³-hybridized carbons (Fsp3) is 0.867. The van der Waals surface area contributed by atoms with Crippen molar-refractivity contribution in [2.45, 2.75) is 65.0 Å². The first-order valence-electron chi connectivity index (χ1n) is 6.90. The second-order valence-electron chi connectivity index (χ2n) is 6.56. The van der Waals surface area contributed by atoms with E-state index in [1.165, 1.54) is 25.7 Å². The van der Waals surface area contributed by atoms with Crippen LogP contribution in [0.5, 0.6) is 0 Å². The van der Waals surface area contributed by atoms with Gasteiger partial charge in [0.1, 0.15) is 0 Å². The Labute approximate surface area is 107 Å². The van der Waals surface area contributed by atoms with E-state index in [0.717, 1.165) is 18.0 Å². The molecule has 2 heteroatoms. The SMILES string of the molecule is C=C(CNC(C)(C)C)COC1CCCC(C)C1. The number of hydrogen-bond acceptors (Lipinski definition) is 2. The van der Waals surface area contributed by atoms with Crippen molar-refractivity contribution in [2.75, 3.05) is 13.2 Å².